The minimum Gasteiger partial charge on any atom is -0.481 e. The van der Waals surface area contributed by atoms with Gasteiger partial charge >= 0.3 is 0 Å². The molecule has 0 bridgehead atoms. The van der Waals surface area contributed by atoms with Crippen molar-refractivity contribution in [3.05, 3.63) is 48.5 Å². The molecule has 1 saturated heterocycles. The summed E-state index contributed by atoms with van der Waals surface area (Å²) in [6.07, 6.45) is -0.699. The minimum absolute atomic E-state index is 0.0388. The predicted octanol–water partition coefficient (Wildman–Crippen LogP) is 2.07. The van der Waals surface area contributed by atoms with Gasteiger partial charge in [0, 0.05) is 25.7 Å². The molecule has 0 aromatic heterocycles. The van der Waals surface area contributed by atoms with E-state index in [1.165, 1.54) is 37.3 Å². The number of nitrogens with one attached hydrogen (secondary N) is 2. The topological polar surface area (TPSA) is 114 Å². The lowest BCUT2D eigenvalue weighted by Gasteiger charge is -2.29. The van der Waals surface area contributed by atoms with Crippen LogP contribution in [0.4, 0.5) is 11.4 Å². The van der Waals surface area contributed by atoms with Crippen LogP contribution in [0.25, 0.3) is 0 Å². The van der Waals surface area contributed by atoms with Gasteiger partial charge in [0.25, 0.3) is 15.9 Å². The molecule has 1 heterocycles. The van der Waals surface area contributed by atoms with Crippen molar-refractivity contribution in [1.82, 2.24) is 4.90 Å². The van der Waals surface area contributed by atoms with Crippen LogP contribution in [-0.4, -0.2) is 57.5 Å². The van der Waals surface area contributed by atoms with Crippen LogP contribution in [0.3, 0.4) is 0 Å². The molecular weight excluding hydrogens is 422 g/mol. The highest BCUT2D eigenvalue weighted by molar-refractivity contribution is 7.92. The van der Waals surface area contributed by atoms with E-state index < -0.39 is 16.1 Å². The lowest BCUT2D eigenvalue weighted by atomic mass is 10.3. The third-order valence-electron chi connectivity index (χ3n) is 4.55. The van der Waals surface area contributed by atoms with Crippen LogP contribution < -0.4 is 14.8 Å². The van der Waals surface area contributed by atoms with Crippen molar-refractivity contribution < 1.29 is 27.5 Å². The Morgan fingerprint density at radius 1 is 1.06 bits per heavy atom. The molecule has 3 rings (SSSR count). The summed E-state index contributed by atoms with van der Waals surface area (Å²) in [5.74, 6) is -0.00152. The number of rotatable bonds is 7. The Labute approximate surface area is 181 Å². The molecule has 1 fully saturated rings. The number of nitrogens with zero attached hydrogens (tertiary/aromatic N) is 1. The highest BCUT2D eigenvalue weighted by atomic mass is 32.2. The van der Waals surface area contributed by atoms with Crippen molar-refractivity contribution in [1.29, 1.82) is 0 Å². The first-order valence-corrected chi connectivity index (χ1v) is 11.3. The van der Waals surface area contributed by atoms with Gasteiger partial charge < -0.3 is 19.7 Å². The van der Waals surface area contributed by atoms with Gasteiger partial charge in [0.05, 0.1) is 23.8 Å². The second-order valence-electron chi connectivity index (χ2n) is 7.04. The molecule has 31 heavy (non-hydrogen) atoms. The fourth-order valence-corrected chi connectivity index (χ4v) is 4.12. The Morgan fingerprint density at radius 3 is 2.35 bits per heavy atom. The van der Waals surface area contributed by atoms with Gasteiger partial charge in [0.1, 0.15) is 5.75 Å². The van der Waals surface area contributed by atoms with Gasteiger partial charge in [-0.3, -0.25) is 14.3 Å². The first-order valence-electron chi connectivity index (χ1n) is 9.78. The van der Waals surface area contributed by atoms with E-state index in [4.69, 9.17) is 9.47 Å². The number of hydrogen-bond acceptors (Lipinski definition) is 6. The predicted molar refractivity (Wildman–Crippen MR) is 115 cm³/mol. The molecule has 0 radical (unpaired) electrons. The fraction of sp³-hybridized carbons (Fsp3) is 0.333. The van der Waals surface area contributed by atoms with Gasteiger partial charge in [-0.25, -0.2) is 8.42 Å². The monoisotopic (exact) mass is 447 g/mol. The van der Waals surface area contributed by atoms with Crippen LogP contribution >= 0.6 is 0 Å². The van der Waals surface area contributed by atoms with E-state index in [0.717, 1.165) is 0 Å². The molecule has 2 aromatic rings. The molecule has 0 unspecified atom stereocenters. The summed E-state index contributed by atoms with van der Waals surface area (Å²) in [4.78, 5) is 25.3. The SMILES string of the molecule is CC(=O)Nc1cccc(NS(=O)(=O)c2ccc(O[C@@H](C)C(=O)N3CCOCC3)cc2)c1. The molecule has 0 aliphatic carbocycles. The molecule has 1 atom stereocenters. The average Bonchev–Trinajstić information content (AvgIpc) is 2.73. The highest BCUT2D eigenvalue weighted by Gasteiger charge is 2.24. The Kier molecular flexibility index (Phi) is 7.13. The quantitative estimate of drug-likeness (QED) is 0.672. The summed E-state index contributed by atoms with van der Waals surface area (Å²) in [6.45, 7) is 5.09. The average molecular weight is 448 g/mol. The Balaban J connectivity index is 1.64. The number of carbonyl (C=O) groups excluding carboxylic acids is 2. The number of hydrogen-bond donors (Lipinski definition) is 2. The molecular formula is C21H25N3O6S. The molecule has 166 valence electrons. The second-order valence-corrected chi connectivity index (χ2v) is 8.72. The molecule has 2 amide bonds. The second kappa shape index (κ2) is 9.80. The van der Waals surface area contributed by atoms with E-state index in [0.29, 0.717) is 43.4 Å². The molecule has 1 aliphatic rings. The minimum atomic E-state index is -3.84. The smallest absolute Gasteiger partial charge is 0.263 e. The number of sulfonamides is 1. The summed E-state index contributed by atoms with van der Waals surface area (Å²) < 4.78 is 38.7. The number of morpholine rings is 1. The summed E-state index contributed by atoms with van der Waals surface area (Å²) in [5.41, 5.74) is 0.798. The standard InChI is InChI=1S/C21H25N3O6S/c1-15(21(26)24-10-12-29-13-11-24)30-19-6-8-20(9-7-19)31(27,28)23-18-5-3-4-17(14-18)22-16(2)25/h3-9,14-15,23H,10-13H2,1-2H3,(H,22,25)/t15-/m0/s1. The normalized spacial score (nSPS) is 15.1. The van der Waals surface area contributed by atoms with Crippen molar-refractivity contribution in [2.75, 3.05) is 36.3 Å². The Morgan fingerprint density at radius 2 is 1.71 bits per heavy atom. The summed E-state index contributed by atoms with van der Waals surface area (Å²) >= 11 is 0. The molecule has 1 aliphatic heterocycles. The van der Waals surface area contributed by atoms with E-state index in [1.807, 2.05) is 0 Å². The molecule has 2 aromatic carbocycles. The molecule has 9 nitrogen and oxygen atoms in total. The maximum Gasteiger partial charge on any atom is 0.263 e. The first-order chi connectivity index (χ1) is 14.7. The van der Waals surface area contributed by atoms with Crippen molar-refractivity contribution in [3.8, 4) is 5.75 Å². The highest BCUT2D eigenvalue weighted by Crippen LogP contribution is 2.22. The number of ether oxygens (including phenoxy) is 2. The fourth-order valence-electron chi connectivity index (χ4n) is 3.07. The molecule has 0 saturated carbocycles. The zero-order valence-electron chi connectivity index (χ0n) is 17.3. The van der Waals surface area contributed by atoms with Crippen molar-refractivity contribution >= 4 is 33.2 Å². The number of anilines is 2. The van der Waals surface area contributed by atoms with E-state index in [2.05, 4.69) is 10.0 Å². The van der Waals surface area contributed by atoms with Gasteiger partial charge in [0.2, 0.25) is 5.91 Å². The Bertz CT molecular complexity index is 1030. The van der Waals surface area contributed by atoms with Crippen LogP contribution in [-0.2, 0) is 24.3 Å². The lowest BCUT2D eigenvalue weighted by Crippen LogP contribution is -2.46. The van der Waals surface area contributed by atoms with Crippen molar-refractivity contribution in [2.45, 2.75) is 24.8 Å². The van der Waals surface area contributed by atoms with Crippen LogP contribution in [0.15, 0.2) is 53.4 Å². The summed E-state index contributed by atoms with van der Waals surface area (Å²) in [6, 6.07) is 12.2. The van der Waals surface area contributed by atoms with Crippen molar-refractivity contribution in [2.24, 2.45) is 0 Å². The van der Waals surface area contributed by atoms with E-state index in [-0.39, 0.29) is 16.7 Å². The zero-order valence-corrected chi connectivity index (χ0v) is 18.1. The van der Waals surface area contributed by atoms with E-state index in [9.17, 15) is 18.0 Å². The number of carbonyl (C=O) groups is 2. The summed E-state index contributed by atoms with van der Waals surface area (Å²) in [7, 11) is -3.84. The van der Waals surface area contributed by atoms with Gasteiger partial charge in [-0.1, -0.05) is 6.07 Å². The van der Waals surface area contributed by atoms with Crippen molar-refractivity contribution in [3.63, 3.8) is 0 Å². The lowest BCUT2D eigenvalue weighted by molar-refractivity contribution is -0.142. The summed E-state index contributed by atoms with van der Waals surface area (Å²) in [5, 5.41) is 2.60. The largest absolute Gasteiger partial charge is 0.481 e. The number of benzene rings is 2. The zero-order chi connectivity index (χ0) is 22.4. The third kappa shape index (κ3) is 6.19. The first kappa shape index (κ1) is 22.6. The third-order valence-corrected chi connectivity index (χ3v) is 5.95. The molecule has 0 spiro atoms. The van der Waals surface area contributed by atoms with Gasteiger partial charge in [-0.2, -0.15) is 0 Å². The maximum atomic E-state index is 12.7. The van der Waals surface area contributed by atoms with E-state index >= 15 is 0 Å². The van der Waals surface area contributed by atoms with Gasteiger partial charge in [-0.15, -0.1) is 0 Å². The van der Waals surface area contributed by atoms with Crippen LogP contribution in [0.2, 0.25) is 0 Å². The Hall–Kier alpha value is -3.11. The van der Waals surface area contributed by atoms with Crippen LogP contribution in [0.5, 0.6) is 5.75 Å². The van der Waals surface area contributed by atoms with Gasteiger partial charge in [0.15, 0.2) is 6.10 Å². The van der Waals surface area contributed by atoms with E-state index in [1.54, 1.807) is 30.0 Å². The number of amides is 2. The molecule has 2 N–H and O–H groups in total. The van der Waals surface area contributed by atoms with Gasteiger partial charge in [-0.05, 0) is 49.4 Å². The van der Waals surface area contributed by atoms with Crippen LogP contribution in [0, 0.1) is 0 Å². The maximum absolute atomic E-state index is 12.7. The molecule has 10 heteroatoms. The van der Waals surface area contributed by atoms with Crippen LogP contribution in [0.1, 0.15) is 13.8 Å².